The molecule has 2 aromatic carbocycles. The van der Waals surface area contributed by atoms with Crippen LogP contribution < -0.4 is 14.8 Å². The molecule has 1 N–H and O–H groups in total. The van der Waals surface area contributed by atoms with Gasteiger partial charge in [-0.2, -0.15) is 0 Å². The Labute approximate surface area is 164 Å². The third-order valence-corrected chi connectivity index (χ3v) is 4.62. The Bertz CT molecular complexity index is 897. The summed E-state index contributed by atoms with van der Waals surface area (Å²) in [5.41, 5.74) is 3.14. The Morgan fingerprint density at radius 3 is 2.68 bits per heavy atom. The van der Waals surface area contributed by atoms with Gasteiger partial charge < -0.3 is 20.0 Å². The molecule has 0 radical (unpaired) electrons. The summed E-state index contributed by atoms with van der Waals surface area (Å²) in [6, 6.07) is 12.9. The van der Waals surface area contributed by atoms with Crippen molar-refractivity contribution in [2.75, 3.05) is 26.1 Å². The second-order valence-electron chi connectivity index (χ2n) is 6.83. The Morgan fingerprint density at radius 1 is 1.18 bits per heavy atom. The van der Waals surface area contributed by atoms with Crippen molar-refractivity contribution in [1.82, 2.24) is 0 Å². The van der Waals surface area contributed by atoms with Crippen molar-refractivity contribution in [1.29, 1.82) is 0 Å². The molecule has 1 aliphatic rings. The second kappa shape index (κ2) is 8.41. The zero-order valence-electron chi connectivity index (χ0n) is 16.4. The lowest BCUT2D eigenvalue weighted by Crippen LogP contribution is -2.41. The Kier molecular flexibility index (Phi) is 5.96. The maximum absolute atomic E-state index is 13.3. The van der Waals surface area contributed by atoms with Crippen LogP contribution in [0.15, 0.2) is 47.6 Å². The highest BCUT2D eigenvalue weighted by Crippen LogP contribution is 2.30. The molecule has 0 bridgehead atoms. The van der Waals surface area contributed by atoms with Crippen LogP contribution in [0.5, 0.6) is 11.5 Å². The van der Waals surface area contributed by atoms with Gasteiger partial charge in [-0.15, -0.1) is 0 Å². The molecule has 7 nitrogen and oxygen atoms in total. The fraction of sp³-hybridized carbons (Fsp3) is 0.333. The van der Waals surface area contributed by atoms with Crippen LogP contribution >= 0.6 is 0 Å². The Morgan fingerprint density at radius 2 is 1.96 bits per heavy atom. The van der Waals surface area contributed by atoms with Crippen molar-refractivity contribution >= 4 is 17.3 Å². The number of hydroxylamine groups is 2. The molecule has 28 heavy (non-hydrogen) atoms. The van der Waals surface area contributed by atoms with E-state index in [1.54, 1.807) is 20.3 Å². The second-order valence-corrected chi connectivity index (χ2v) is 6.83. The number of rotatable bonds is 6. The van der Waals surface area contributed by atoms with Gasteiger partial charge in [0.2, 0.25) is 5.91 Å². The number of methoxy groups -OCH3 is 2. The number of nitrogens with zero attached hydrogens (tertiary/aromatic N) is 2. The van der Waals surface area contributed by atoms with Crippen molar-refractivity contribution in [3.05, 3.63) is 58.8 Å². The van der Waals surface area contributed by atoms with E-state index in [1.807, 2.05) is 36.4 Å². The van der Waals surface area contributed by atoms with Gasteiger partial charge in [-0.05, 0) is 30.3 Å². The molecule has 0 saturated heterocycles. The van der Waals surface area contributed by atoms with E-state index in [0.717, 1.165) is 29.7 Å². The molecule has 2 aromatic rings. The number of hydrogen-bond acceptors (Lipinski definition) is 5. The topological polar surface area (TPSA) is 83.0 Å². The van der Waals surface area contributed by atoms with Crippen LogP contribution in [-0.2, 0) is 11.3 Å². The van der Waals surface area contributed by atoms with E-state index in [2.05, 4.69) is 10.4 Å². The lowest BCUT2D eigenvalue weighted by Gasteiger charge is -2.39. The smallest absolute Gasteiger partial charge is 0.221 e. The van der Waals surface area contributed by atoms with Gasteiger partial charge in [0.05, 0.1) is 14.2 Å². The highest BCUT2D eigenvalue weighted by atomic mass is 16.6. The molecule has 0 fully saturated rings. The maximum atomic E-state index is 13.3. The van der Waals surface area contributed by atoms with Gasteiger partial charge in [0.25, 0.3) is 0 Å². The predicted octanol–water partition coefficient (Wildman–Crippen LogP) is 3.67. The highest BCUT2D eigenvalue weighted by molar-refractivity contribution is 6.01. The summed E-state index contributed by atoms with van der Waals surface area (Å²) < 4.78 is 9.97. The summed E-state index contributed by atoms with van der Waals surface area (Å²) in [5.74, 6) is 1.11. The molecular formula is C21H25N3O4. The van der Waals surface area contributed by atoms with Crippen LogP contribution in [0.3, 0.4) is 0 Å². The minimum absolute atomic E-state index is 0.144. The Hall–Kier alpha value is -2.90. The normalized spacial score (nSPS) is 18.9. The molecule has 0 spiro atoms. The zero-order valence-corrected chi connectivity index (χ0v) is 16.4. The molecular weight excluding hydrogens is 358 g/mol. The van der Waals surface area contributed by atoms with Gasteiger partial charge in [-0.1, -0.05) is 17.2 Å². The molecule has 1 heterocycles. The van der Waals surface area contributed by atoms with E-state index in [-0.39, 0.29) is 12.5 Å². The van der Waals surface area contributed by atoms with Crippen molar-refractivity contribution in [3.8, 4) is 11.5 Å². The summed E-state index contributed by atoms with van der Waals surface area (Å²) in [7, 11) is 3.17. The van der Waals surface area contributed by atoms with Crippen molar-refractivity contribution in [2.45, 2.75) is 26.3 Å². The monoisotopic (exact) mass is 383 g/mol. The number of ether oxygens (including phenoxy) is 2. The summed E-state index contributed by atoms with van der Waals surface area (Å²) in [6.07, 6.45) is 1.49. The zero-order chi connectivity index (χ0) is 20.1. The summed E-state index contributed by atoms with van der Waals surface area (Å²) >= 11 is 0. The van der Waals surface area contributed by atoms with Crippen LogP contribution in [-0.4, -0.2) is 37.1 Å². The molecule has 7 heteroatoms. The third-order valence-electron chi connectivity index (χ3n) is 4.62. The van der Waals surface area contributed by atoms with Gasteiger partial charge in [-0.3, -0.25) is 4.79 Å². The first-order valence-corrected chi connectivity index (χ1v) is 9.18. The summed E-state index contributed by atoms with van der Waals surface area (Å²) in [6.45, 7) is 2.09. The van der Waals surface area contributed by atoms with Gasteiger partial charge in [-0.25, -0.2) is 4.76 Å². The molecule has 0 aliphatic carbocycles. The minimum Gasteiger partial charge on any atom is -0.604 e. The van der Waals surface area contributed by atoms with Crippen molar-refractivity contribution in [3.63, 3.8) is 0 Å². The first-order valence-electron chi connectivity index (χ1n) is 9.18. The number of carbonyl (C=O) groups is 1. The summed E-state index contributed by atoms with van der Waals surface area (Å²) in [5, 5.41) is 20.6. The Balaban J connectivity index is 1.85. The first-order chi connectivity index (χ1) is 13.4. The number of nitrogens with one attached hydrogen (secondary N) is 1. The van der Waals surface area contributed by atoms with Crippen LogP contribution in [0.1, 0.15) is 30.9 Å². The van der Waals surface area contributed by atoms with Gasteiger partial charge >= 0.3 is 0 Å². The quantitative estimate of drug-likeness (QED) is 0.609. The molecule has 1 aliphatic heterocycles. The lowest BCUT2D eigenvalue weighted by molar-refractivity contribution is -0.902. The largest absolute Gasteiger partial charge is 0.604 e. The number of quaternary nitrogens is 1. The minimum atomic E-state index is -0.673. The highest BCUT2D eigenvalue weighted by Gasteiger charge is 2.25. The van der Waals surface area contributed by atoms with Gasteiger partial charge in [0, 0.05) is 36.6 Å². The van der Waals surface area contributed by atoms with Crippen LogP contribution in [0.25, 0.3) is 0 Å². The first kappa shape index (κ1) is 19.9. The van der Waals surface area contributed by atoms with E-state index in [0.29, 0.717) is 23.7 Å². The van der Waals surface area contributed by atoms with E-state index in [9.17, 15) is 10.0 Å². The SMILES string of the molecule is COc1ccc(C2=N[N+]([O-])(Cc3cccc(NC(C)=O)c3)CCC2)cc1OC. The standard InChI is InChI=1S/C21H25N3O4/c1-15(25)22-18-7-4-6-16(12-18)14-24(26)11-5-8-19(23-24)17-9-10-20(27-2)21(13-17)28-3/h4,6-7,9-10,12-13H,5,8,11,14H2,1-3H3,(H,22,25). The van der Waals surface area contributed by atoms with Crippen LogP contribution in [0.2, 0.25) is 0 Å². The molecule has 1 unspecified atom stereocenters. The summed E-state index contributed by atoms with van der Waals surface area (Å²) in [4.78, 5) is 11.3. The van der Waals surface area contributed by atoms with Crippen molar-refractivity contribution in [2.24, 2.45) is 5.10 Å². The predicted molar refractivity (Wildman–Crippen MR) is 108 cm³/mol. The average molecular weight is 383 g/mol. The number of benzene rings is 2. The van der Waals surface area contributed by atoms with Crippen LogP contribution in [0, 0.1) is 5.21 Å². The molecule has 3 rings (SSSR count). The number of carbonyl (C=O) groups excluding carboxylic acids is 1. The van der Waals surface area contributed by atoms with Crippen molar-refractivity contribution < 1.29 is 19.0 Å². The fourth-order valence-corrected chi connectivity index (χ4v) is 3.38. The van der Waals surface area contributed by atoms with E-state index < -0.39 is 4.76 Å². The maximum Gasteiger partial charge on any atom is 0.221 e. The average Bonchev–Trinajstić information content (AvgIpc) is 2.66. The third kappa shape index (κ3) is 4.68. The number of anilines is 1. The molecule has 1 amide bonds. The lowest BCUT2D eigenvalue weighted by atomic mass is 10.0. The van der Waals surface area contributed by atoms with Crippen LogP contribution in [0.4, 0.5) is 5.69 Å². The van der Waals surface area contributed by atoms with E-state index in [1.165, 1.54) is 6.92 Å². The fourth-order valence-electron chi connectivity index (χ4n) is 3.38. The van der Waals surface area contributed by atoms with Gasteiger partial charge in [0.15, 0.2) is 11.5 Å². The van der Waals surface area contributed by atoms with Gasteiger partial charge in [0.1, 0.15) is 18.8 Å². The van der Waals surface area contributed by atoms with E-state index >= 15 is 0 Å². The van der Waals surface area contributed by atoms with E-state index in [4.69, 9.17) is 9.47 Å². The molecule has 1 atom stereocenters. The molecule has 0 saturated carbocycles. The number of amides is 1. The molecule has 0 aromatic heterocycles. The molecule has 148 valence electrons. The number of hydrogen-bond donors (Lipinski definition) is 1.